The molecule has 1 aliphatic rings. The zero-order valence-corrected chi connectivity index (χ0v) is 32.5. The summed E-state index contributed by atoms with van der Waals surface area (Å²) in [5.41, 5.74) is 15.5. The number of hydrogen-bond donors (Lipinski definition) is 0. The highest BCUT2D eigenvalue weighted by Crippen LogP contribution is 2.47. The quantitative estimate of drug-likeness (QED) is 0.171. The maximum Gasteiger partial charge on any atom is 0.0547 e. The van der Waals surface area contributed by atoms with E-state index in [2.05, 4.69) is 207 Å². The van der Waals surface area contributed by atoms with E-state index in [4.69, 9.17) is 0 Å². The molecule has 0 N–H and O–H groups in total. The van der Waals surface area contributed by atoms with Crippen LogP contribution in [0.25, 0.3) is 88.0 Å². The van der Waals surface area contributed by atoms with Gasteiger partial charge in [-0.15, -0.1) is 0 Å². The van der Waals surface area contributed by atoms with Crippen molar-refractivity contribution >= 4 is 54.4 Å². The van der Waals surface area contributed by atoms with Gasteiger partial charge in [0, 0.05) is 32.9 Å². The van der Waals surface area contributed by atoms with Crippen LogP contribution in [0.3, 0.4) is 0 Å². The Hall–Kier alpha value is -6.38. The largest absolute Gasteiger partial charge is 0.309 e. The minimum atomic E-state index is 0.154. The Morgan fingerprint density at radius 1 is 0.339 bits per heavy atom. The summed E-state index contributed by atoms with van der Waals surface area (Å²) in [6, 6.07) is 63.5. The third-order valence-electron chi connectivity index (χ3n) is 12.9. The average molecular weight is 721 g/mol. The van der Waals surface area contributed by atoms with E-state index in [1.807, 2.05) is 0 Å². The van der Waals surface area contributed by atoms with E-state index >= 15 is 0 Å². The lowest BCUT2D eigenvalue weighted by atomic mass is 9.63. The second kappa shape index (κ2) is 12.1. The predicted octanol–water partition coefficient (Wildman–Crippen LogP) is 14.7. The van der Waals surface area contributed by atoms with Crippen molar-refractivity contribution < 1.29 is 0 Å². The topological polar surface area (TPSA) is 9.86 Å². The predicted molar refractivity (Wildman–Crippen MR) is 239 cm³/mol. The fourth-order valence-electron chi connectivity index (χ4n) is 9.78. The van der Waals surface area contributed by atoms with Gasteiger partial charge in [0.15, 0.2) is 0 Å². The molecular formula is C54H44N2. The molecule has 0 saturated carbocycles. The summed E-state index contributed by atoms with van der Waals surface area (Å²) in [5.74, 6) is 0. The Balaban J connectivity index is 1.10. The fraction of sp³-hybridized carbons (Fsp3) is 0.148. The van der Waals surface area contributed by atoms with E-state index in [-0.39, 0.29) is 10.8 Å². The van der Waals surface area contributed by atoms with E-state index < -0.39 is 0 Å². The molecule has 11 rings (SSSR count). The van der Waals surface area contributed by atoms with Crippen molar-refractivity contribution in [1.29, 1.82) is 0 Å². The van der Waals surface area contributed by atoms with Gasteiger partial charge in [-0.05, 0) is 122 Å². The SMILES string of the molecule is CC1(C)CCC(C)(C)c2cc(-c3cccc(-n4c5cc(-c6cccc(-n7c8ccccc8c8ccccc87)c6)ccc5c5cc6ccccc6cc54)c3)ccc21. The third-order valence-corrected chi connectivity index (χ3v) is 12.9. The first-order valence-corrected chi connectivity index (χ1v) is 20.1. The van der Waals surface area contributed by atoms with Gasteiger partial charge >= 0.3 is 0 Å². The Morgan fingerprint density at radius 2 is 0.821 bits per heavy atom. The normalized spacial score (nSPS) is 14.9. The molecule has 0 radical (unpaired) electrons. The van der Waals surface area contributed by atoms with Crippen LogP contribution in [0.1, 0.15) is 51.7 Å². The maximum atomic E-state index is 2.49. The molecule has 2 heterocycles. The van der Waals surface area contributed by atoms with Crippen LogP contribution < -0.4 is 0 Å². The minimum absolute atomic E-state index is 0.154. The van der Waals surface area contributed by atoms with E-state index in [0.717, 1.165) is 5.69 Å². The van der Waals surface area contributed by atoms with Gasteiger partial charge in [-0.2, -0.15) is 0 Å². The van der Waals surface area contributed by atoms with Crippen LogP contribution in [0.2, 0.25) is 0 Å². The second-order valence-corrected chi connectivity index (χ2v) is 17.3. The number of hydrogen-bond acceptors (Lipinski definition) is 0. The van der Waals surface area contributed by atoms with Crippen molar-refractivity contribution in [1.82, 2.24) is 9.13 Å². The van der Waals surface area contributed by atoms with Crippen LogP contribution in [0.4, 0.5) is 0 Å². The lowest BCUT2D eigenvalue weighted by molar-refractivity contribution is 0.332. The summed E-state index contributed by atoms with van der Waals surface area (Å²) >= 11 is 0. The first-order valence-electron chi connectivity index (χ1n) is 20.1. The standard InChI is InChI=1S/C54H44N2/c1-53(2)27-28-54(3,4)48-32-39(24-26-47(48)53)35-15-11-18-42(29-35)56-51-34-40(23-25-45(51)46-31-37-13-5-6-14-38(37)33-52(46)56)36-16-12-17-41(30-36)55-49-21-9-7-19-43(49)44-20-8-10-22-50(44)55/h5-26,29-34H,27-28H2,1-4H3. The number of nitrogens with zero attached hydrogens (tertiary/aromatic N) is 2. The molecule has 2 nitrogen and oxygen atoms in total. The second-order valence-electron chi connectivity index (χ2n) is 17.3. The highest BCUT2D eigenvalue weighted by atomic mass is 15.0. The minimum Gasteiger partial charge on any atom is -0.309 e. The molecule has 8 aromatic carbocycles. The smallest absolute Gasteiger partial charge is 0.0547 e. The van der Waals surface area contributed by atoms with Gasteiger partial charge in [-0.1, -0.05) is 143 Å². The summed E-state index contributed by atoms with van der Waals surface area (Å²) in [4.78, 5) is 0. The summed E-state index contributed by atoms with van der Waals surface area (Å²) < 4.78 is 4.90. The summed E-state index contributed by atoms with van der Waals surface area (Å²) in [5, 5.41) is 7.59. The van der Waals surface area contributed by atoms with Gasteiger partial charge in [0.25, 0.3) is 0 Å². The van der Waals surface area contributed by atoms with Gasteiger partial charge in [-0.3, -0.25) is 0 Å². The van der Waals surface area contributed by atoms with Crippen molar-refractivity contribution in [2.75, 3.05) is 0 Å². The van der Waals surface area contributed by atoms with Crippen LogP contribution in [0.5, 0.6) is 0 Å². The van der Waals surface area contributed by atoms with Crippen LogP contribution in [-0.4, -0.2) is 9.13 Å². The zero-order chi connectivity index (χ0) is 37.8. The highest BCUT2D eigenvalue weighted by molar-refractivity contribution is 6.14. The lowest BCUT2D eigenvalue weighted by Crippen LogP contribution is -2.33. The zero-order valence-electron chi connectivity index (χ0n) is 32.5. The molecule has 0 bridgehead atoms. The van der Waals surface area contributed by atoms with Crippen molar-refractivity contribution in [3.8, 4) is 33.6 Å². The van der Waals surface area contributed by atoms with Gasteiger partial charge in [-0.25, -0.2) is 0 Å². The third kappa shape index (κ3) is 5.02. The van der Waals surface area contributed by atoms with Crippen molar-refractivity contribution in [2.24, 2.45) is 0 Å². The monoisotopic (exact) mass is 720 g/mol. The molecule has 0 unspecified atom stereocenters. The first-order chi connectivity index (χ1) is 27.2. The Morgan fingerprint density at radius 3 is 1.48 bits per heavy atom. The molecule has 56 heavy (non-hydrogen) atoms. The van der Waals surface area contributed by atoms with Gasteiger partial charge in [0.2, 0.25) is 0 Å². The van der Waals surface area contributed by atoms with Crippen LogP contribution in [-0.2, 0) is 10.8 Å². The molecule has 0 spiro atoms. The molecule has 0 fully saturated rings. The molecule has 2 heteroatoms. The van der Waals surface area contributed by atoms with Gasteiger partial charge < -0.3 is 9.13 Å². The Kier molecular flexibility index (Phi) is 7.11. The lowest BCUT2D eigenvalue weighted by Gasteiger charge is -2.42. The number of rotatable bonds is 4. The van der Waals surface area contributed by atoms with E-state index in [0.29, 0.717) is 0 Å². The van der Waals surface area contributed by atoms with E-state index in [1.54, 1.807) is 0 Å². The van der Waals surface area contributed by atoms with Crippen molar-refractivity contribution in [3.63, 3.8) is 0 Å². The highest BCUT2D eigenvalue weighted by Gasteiger charge is 2.37. The molecule has 0 amide bonds. The summed E-state index contributed by atoms with van der Waals surface area (Å²) in [6.07, 6.45) is 2.42. The average Bonchev–Trinajstić information content (AvgIpc) is 3.73. The molecule has 0 atom stereocenters. The van der Waals surface area contributed by atoms with Crippen LogP contribution >= 0.6 is 0 Å². The molecule has 10 aromatic rings. The Bertz CT molecular complexity index is 3150. The number of fused-ring (bicyclic) bond motifs is 8. The van der Waals surface area contributed by atoms with E-state index in [9.17, 15) is 0 Å². The Labute approximate surface area is 328 Å². The summed E-state index contributed by atoms with van der Waals surface area (Å²) in [7, 11) is 0. The molecular weight excluding hydrogens is 677 g/mol. The number of para-hydroxylation sites is 2. The maximum absolute atomic E-state index is 2.49. The van der Waals surface area contributed by atoms with Crippen LogP contribution in [0.15, 0.2) is 170 Å². The van der Waals surface area contributed by atoms with Gasteiger partial charge in [0.1, 0.15) is 0 Å². The fourth-order valence-corrected chi connectivity index (χ4v) is 9.78. The van der Waals surface area contributed by atoms with Crippen LogP contribution in [0, 0.1) is 0 Å². The number of benzene rings is 8. The van der Waals surface area contributed by atoms with Crippen molar-refractivity contribution in [2.45, 2.75) is 51.4 Å². The van der Waals surface area contributed by atoms with E-state index in [1.165, 1.54) is 106 Å². The molecule has 1 aliphatic carbocycles. The molecule has 2 aromatic heterocycles. The number of aromatic nitrogens is 2. The van der Waals surface area contributed by atoms with Gasteiger partial charge in [0.05, 0.1) is 22.1 Å². The van der Waals surface area contributed by atoms with Crippen molar-refractivity contribution in [3.05, 3.63) is 181 Å². The summed E-state index contributed by atoms with van der Waals surface area (Å²) in [6.45, 7) is 9.64. The molecule has 0 saturated heterocycles. The molecule has 270 valence electrons. The first kappa shape index (κ1) is 33.0. The molecule has 0 aliphatic heterocycles.